The third kappa shape index (κ3) is 4.94. The zero-order chi connectivity index (χ0) is 29.2. The van der Waals surface area contributed by atoms with E-state index in [0.29, 0.717) is 0 Å². The van der Waals surface area contributed by atoms with Crippen molar-refractivity contribution in [2.75, 3.05) is 4.90 Å². The van der Waals surface area contributed by atoms with E-state index in [-0.39, 0.29) is 0 Å². The maximum Gasteiger partial charge on any atom is 0.143 e. The van der Waals surface area contributed by atoms with Gasteiger partial charge in [-0.05, 0) is 71.1 Å². The fourth-order valence-electron chi connectivity index (χ4n) is 5.84. The van der Waals surface area contributed by atoms with Gasteiger partial charge in [-0.1, -0.05) is 128 Å². The molecule has 6 aromatic carbocycles. The molecule has 0 bridgehead atoms. The van der Waals surface area contributed by atoms with E-state index in [1.54, 1.807) is 0 Å². The Balaban J connectivity index is 1.20. The normalized spacial score (nSPS) is 11.6. The zero-order valence-electron chi connectivity index (χ0n) is 24.1. The Bertz CT molecular complexity index is 2060. The van der Waals surface area contributed by atoms with Gasteiger partial charge in [-0.25, -0.2) is 0 Å². The minimum absolute atomic E-state index is 0.909. The molecule has 0 aliphatic carbocycles. The van der Waals surface area contributed by atoms with Crippen molar-refractivity contribution in [3.05, 3.63) is 170 Å². The number of allylic oxidation sites excluding steroid dienone is 2. The first kappa shape index (κ1) is 26.3. The van der Waals surface area contributed by atoms with Crippen LogP contribution in [0.1, 0.15) is 6.92 Å². The molecule has 7 aromatic rings. The van der Waals surface area contributed by atoms with Crippen LogP contribution in [0.2, 0.25) is 0 Å². The second-order valence-corrected chi connectivity index (χ2v) is 10.6. The van der Waals surface area contributed by atoms with Gasteiger partial charge in [-0.3, -0.25) is 0 Å². The summed E-state index contributed by atoms with van der Waals surface area (Å²) < 4.78 is 6.30. The highest BCUT2D eigenvalue weighted by molar-refractivity contribution is 6.09. The maximum absolute atomic E-state index is 6.30. The minimum atomic E-state index is 0.909. The van der Waals surface area contributed by atoms with Crippen molar-refractivity contribution in [1.29, 1.82) is 0 Å². The van der Waals surface area contributed by atoms with E-state index < -0.39 is 0 Å². The van der Waals surface area contributed by atoms with Crippen molar-refractivity contribution in [1.82, 2.24) is 0 Å². The number of hydrogen-bond donors (Lipinski definition) is 0. The van der Waals surface area contributed by atoms with Crippen molar-refractivity contribution >= 4 is 33.3 Å². The molecule has 0 fully saturated rings. The molecule has 0 spiro atoms. The first-order valence-corrected chi connectivity index (χ1v) is 14.6. The van der Waals surface area contributed by atoms with Crippen LogP contribution in [0.15, 0.2) is 174 Å². The molecule has 206 valence electrons. The highest BCUT2D eigenvalue weighted by Gasteiger charge is 2.15. The smallest absolute Gasteiger partial charge is 0.143 e. The summed E-state index contributed by atoms with van der Waals surface area (Å²) in [6.45, 7) is 6.14. The van der Waals surface area contributed by atoms with Crippen LogP contribution in [-0.2, 0) is 0 Å². The van der Waals surface area contributed by atoms with E-state index in [1.807, 2.05) is 31.2 Å². The van der Waals surface area contributed by atoms with Gasteiger partial charge >= 0.3 is 0 Å². The highest BCUT2D eigenvalue weighted by atomic mass is 16.3. The molecule has 2 heteroatoms. The Hall–Kier alpha value is -5.60. The summed E-state index contributed by atoms with van der Waals surface area (Å²) in [5, 5.41) is 2.28. The Labute approximate surface area is 252 Å². The molecule has 1 aromatic heterocycles. The molecule has 2 nitrogen and oxygen atoms in total. The van der Waals surface area contributed by atoms with E-state index in [4.69, 9.17) is 4.42 Å². The lowest BCUT2D eigenvalue weighted by Crippen LogP contribution is -2.14. The van der Waals surface area contributed by atoms with Gasteiger partial charge in [0.1, 0.15) is 11.2 Å². The van der Waals surface area contributed by atoms with Crippen LogP contribution in [0.5, 0.6) is 0 Å². The number of rotatable bonds is 7. The average molecular weight is 554 g/mol. The molecule has 0 atom stereocenters. The molecule has 0 unspecified atom stereocenters. The molecule has 7 rings (SSSR count). The number of nitrogens with zero attached hydrogens (tertiary/aromatic N) is 1. The van der Waals surface area contributed by atoms with E-state index >= 15 is 0 Å². The van der Waals surface area contributed by atoms with E-state index in [2.05, 4.69) is 145 Å². The van der Waals surface area contributed by atoms with Gasteiger partial charge in [0.05, 0.1) is 0 Å². The van der Waals surface area contributed by atoms with Gasteiger partial charge in [-0.2, -0.15) is 0 Å². The second-order valence-electron chi connectivity index (χ2n) is 10.6. The molecule has 0 aliphatic rings. The Morgan fingerprint density at radius 3 is 1.65 bits per heavy atom. The zero-order valence-corrected chi connectivity index (χ0v) is 24.1. The van der Waals surface area contributed by atoms with Crippen LogP contribution < -0.4 is 4.90 Å². The Kier molecular flexibility index (Phi) is 6.94. The van der Waals surface area contributed by atoms with Crippen molar-refractivity contribution in [3.63, 3.8) is 0 Å². The average Bonchev–Trinajstić information content (AvgIpc) is 3.47. The summed E-state index contributed by atoms with van der Waals surface area (Å²) in [6, 6.07) is 51.2. The topological polar surface area (TPSA) is 16.4 Å². The molecule has 0 N–H and O–H groups in total. The van der Waals surface area contributed by atoms with Crippen LogP contribution in [0.25, 0.3) is 55.3 Å². The number of para-hydroxylation sites is 2. The minimum Gasteiger partial charge on any atom is -0.455 e. The third-order valence-corrected chi connectivity index (χ3v) is 8.05. The summed E-state index contributed by atoms with van der Waals surface area (Å²) >= 11 is 0. The second kappa shape index (κ2) is 11.3. The van der Waals surface area contributed by atoms with E-state index in [1.165, 1.54) is 22.3 Å². The fourth-order valence-corrected chi connectivity index (χ4v) is 5.84. The van der Waals surface area contributed by atoms with Crippen molar-refractivity contribution in [2.45, 2.75) is 6.92 Å². The standard InChI is InChI=1S/C41H31NO/c1-3-34(4-2)42(35-25-21-32(22-26-35)31-19-17-30(18-20-31)29-11-6-5-7-12-29)36-27-23-33(24-28-36)37-14-10-15-39-38-13-8-9-16-40(38)43-41(37)39/h3-28H,1H2,2H3/b34-4+. The predicted molar refractivity (Wildman–Crippen MR) is 183 cm³/mol. The van der Waals surface area contributed by atoms with Crippen LogP contribution in [-0.4, -0.2) is 0 Å². The number of anilines is 2. The van der Waals surface area contributed by atoms with Crippen molar-refractivity contribution in [2.24, 2.45) is 0 Å². The summed E-state index contributed by atoms with van der Waals surface area (Å²) in [5.74, 6) is 0. The molecule has 0 saturated heterocycles. The monoisotopic (exact) mass is 553 g/mol. The van der Waals surface area contributed by atoms with Gasteiger partial charge in [0.25, 0.3) is 0 Å². The summed E-state index contributed by atoms with van der Waals surface area (Å²) in [7, 11) is 0. The maximum atomic E-state index is 6.30. The van der Waals surface area contributed by atoms with Gasteiger partial charge in [-0.15, -0.1) is 0 Å². The molecule has 0 amide bonds. The van der Waals surface area contributed by atoms with Gasteiger partial charge < -0.3 is 9.32 Å². The lowest BCUT2D eigenvalue weighted by molar-refractivity contribution is 0.670. The van der Waals surface area contributed by atoms with Crippen molar-refractivity contribution < 1.29 is 4.42 Å². The highest BCUT2D eigenvalue weighted by Crippen LogP contribution is 2.38. The molecule has 1 heterocycles. The lowest BCUT2D eigenvalue weighted by atomic mass is 10.00. The third-order valence-electron chi connectivity index (χ3n) is 8.05. The van der Waals surface area contributed by atoms with Gasteiger partial charge in [0.2, 0.25) is 0 Å². The number of benzene rings is 6. The Morgan fingerprint density at radius 2 is 1.05 bits per heavy atom. The lowest BCUT2D eigenvalue weighted by Gasteiger charge is -2.26. The molecule has 0 aliphatic heterocycles. The molecule has 0 radical (unpaired) electrons. The number of fused-ring (bicyclic) bond motifs is 3. The predicted octanol–water partition coefficient (Wildman–Crippen LogP) is 11.8. The van der Waals surface area contributed by atoms with Crippen LogP contribution in [0.4, 0.5) is 11.4 Å². The first-order chi connectivity index (χ1) is 21.2. The first-order valence-electron chi connectivity index (χ1n) is 14.6. The number of furan rings is 1. The molecule has 0 saturated carbocycles. The summed E-state index contributed by atoms with van der Waals surface area (Å²) in [5.41, 5.74) is 12.0. The largest absolute Gasteiger partial charge is 0.455 e. The van der Waals surface area contributed by atoms with Crippen LogP contribution in [0.3, 0.4) is 0 Å². The fraction of sp³-hybridized carbons (Fsp3) is 0.0244. The SMILES string of the molecule is C=C/C(=C\C)N(c1ccc(-c2ccc(-c3ccccc3)cc2)cc1)c1ccc(-c2cccc3c2oc2ccccc23)cc1. The van der Waals surface area contributed by atoms with E-state index in [0.717, 1.165) is 50.1 Å². The number of hydrogen-bond acceptors (Lipinski definition) is 2. The summed E-state index contributed by atoms with van der Waals surface area (Å²) in [4.78, 5) is 2.24. The molecular weight excluding hydrogens is 522 g/mol. The Morgan fingerprint density at radius 1 is 0.535 bits per heavy atom. The quantitative estimate of drug-likeness (QED) is 0.183. The van der Waals surface area contributed by atoms with E-state index in [9.17, 15) is 0 Å². The summed E-state index contributed by atoms with van der Waals surface area (Å²) in [6.07, 6.45) is 3.99. The molecular formula is C41H31NO. The van der Waals surface area contributed by atoms with Gasteiger partial charge in [0.15, 0.2) is 0 Å². The van der Waals surface area contributed by atoms with Gasteiger partial charge in [0, 0.05) is 33.4 Å². The van der Waals surface area contributed by atoms with Crippen LogP contribution in [0, 0.1) is 0 Å². The van der Waals surface area contributed by atoms with Crippen LogP contribution >= 0.6 is 0 Å². The molecule has 43 heavy (non-hydrogen) atoms. The van der Waals surface area contributed by atoms with Crippen molar-refractivity contribution in [3.8, 4) is 33.4 Å².